The molecule has 3 atom stereocenters. The summed E-state index contributed by atoms with van der Waals surface area (Å²) in [6.45, 7) is 5.90. The highest BCUT2D eigenvalue weighted by Gasteiger charge is 2.49. The maximum Gasteiger partial charge on any atom is 0.360 e. The summed E-state index contributed by atoms with van der Waals surface area (Å²) in [5, 5.41) is 18.2. The van der Waals surface area contributed by atoms with Crippen LogP contribution in [0.2, 0.25) is 0 Å². The lowest BCUT2D eigenvalue weighted by atomic mass is 9.90. The highest BCUT2D eigenvalue weighted by Crippen LogP contribution is 2.38. The number of carbonyl (C=O) groups is 2. The highest BCUT2D eigenvalue weighted by molar-refractivity contribution is 7.25. The van der Waals surface area contributed by atoms with Gasteiger partial charge in [0, 0.05) is 12.8 Å². The van der Waals surface area contributed by atoms with E-state index in [0.29, 0.717) is 11.5 Å². The third-order valence-electron chi connectivity index (χ3n) is 4.30. The number of rotatable bonds is 10. The van der Waals surface area contributed by atoms with E-state index < -0.39 is 31.6 Å². The summed E-state index contributed by atoms with van der Waals surface area (Å²) in [7, 11) is -1.24. The first-order valence-corrected chi connectivity index (χ1v) is 9.40. The summed E-state index contributed by atoms with van der Waals surface area (Å²) in [5.74, 6) is -2.99. The average Bonchev–Trinajstić information content (AvgIpc) is 2.54. The van der Waals surface area contributed by atoms with Gasteiger partial charge < -0.3 is 15.9 Å². The van der Waals surface area contributed by atoms with E-state index in [-0.39, 0.29) is 19.3 Å². The summed E-state index contributed by atoms with van der Waals surface area (Å²) in [6, 6.07) is 7.80. The van der Waals surface area contributed by atoms with Crippen LogP contribution in [0.25, 0.3) is 6.08 Å². The molecule has 0 saturated heterocycles. The van der Waals surface area contributed by atoms with E-state index >= 15 is 0 Å². The van der Waals surface area contributed by atoms with Crippen LogP contribution in [0.15, 0.2) is 29.8 Å². The van der Waals surface area contributed by atoms with Gasteiger partial charge in [-0.05, 0) is 30.4 Å². The van der Waals surface area contributed by atoms with Crippen molar-refractivity contribution < 1.29 is 24.4 Å². The maximum absolute atomic E-state index is 11.7. The SMILES string of the molecule is CC(=Cc1ccccc1C(C)C)CC(O)([PH+]=O)C(CCC(N)=O)C(=O)O. The lowest BCUT2D eigenvalue weighted by Gasteiger charge is -2.22. The van der Waals surface area contributed by atoms with Crippen molar-refractivity contribution in [3.63, 3.8) is 0 Å². The molecule has 0 heterocycles. The third-order valence-corrected chi connectivity index (χ3v) is 5.18. The minimum absolute atomic E-state index is 0.0723. The monoisotopic (exact) mass is 380 g/mol. The molecule has 1 rings (SSSR count). The molecule has 142 valence electrons. The smallest absolute Gasteiger partial charge is 0.360 e. The van der Waals surface area contributed by atoms with E-state index in [1.54, 1.807) is 6.92 Å². The van der Waals surface area contributed by atoms with Gasteiger partial charge in [-0.15, -0.1) is 0 Å². The quantitative estimate of drug-likeness (QED) is 0.538. The molecule has 0 aliphatic heterocycles. The maximum atomic E-state index is 11.7. The van der Waals surface area contributed by atoms with Gasteiger partial charge in [-0.3, -0.25) is 9.59 Å². The second-order valence-corrected chi connectivity index (χ2v) is 7.94. The Kier molecular flexibility index (Phi) is 8.12. The van der Waals surface area contributed by atoms with Gasteiger partial charge in [-0.2, -0.15) is 0 Å². The van der Waals surface area contributed by atoms with Crippen LogP contribution in [0.3, 0.4) is 0 Å². The van der Waals surface area contributed by atoms with E-state index in [2.05, 4.69) is 13.8 Å². The molecule has 4 N–H and O–H groups in total. The van der Waals surface area contributed by atoms with Gasteiger partial charge in [0.25, 0.3) is 5.34 Å². The number of carbonyl (C=O) groups excluding carboxylic acids is 1. The molecule has 0 radical (unpaired) electrons. The van der Waals surface area contributed by atoms with Crippen molar-refractivity contribution >= 4 is 26.4 Å². The molecule has 3 unspecified atom stereocenters. The van der Waals surface area contributed by atoms with Crippen molar-refractivity contribution in [1.29, 1.82) is 0 Å². The van der Waals surface area contributed by atoms with E-state index in [1.807, 2.05) is 30.3 Å². The zero-order valence-electron chi connectivity index (χ0n) is 15.4. The molecule has 6 nitrogen and oxygen atoms in total. The lowest BCUT2D eigenvalue weighted by Crippen LogP contribution is -2.38. The van der Waals surface area contributed by atoms with Gasteiger partial charge in [0.1, 0.15) is 5.92 Å². The molecule has 0 aliphatic rings. The first-order valence-electron chi connectivity index (χ1n) is 8.49. The van der Waals surface area contributed by atoms with Crippen LogP contribution in [0, 0.1) is 5.92 Å². The van der Waals surface area contributed by atoms with Crippen LogP contribution in [-0.2, 0) is 14.2 Å². The van der Waals surface area contributed by atoms with Gasteiger partial charge in [0.2, 0.25) is 5.91 Å². The number of carboxylic acids is 1. The first kappa shape index (κ1) is 22.0. The molecule has 0 aliphatic carbocycles. The van der Waals surface area contributed by atoms with Crippen LogP contribution in [0.1, 0.15) is 57.1 Å². The van der Waals surface area contributed by atoms with E-state index in [1.165, 1.54) is 0 Å². The number of benzene rings is 1. The zero-order chi connectivity index (χ0) is 19.9. The average molecular weight is 380 g/mol. The fourth-order valence-electron chi connectivity index (χ4n) is 2.99. The summed E-state index contributed by atoms with van der Waals surface area (Å²) in [6.07, 6.45) is 1.44. The molecule has 0 fully saturated rings. The first-order chi connectivity index (χ1) is 12.1. The summed E-state index contributed by atoms with van der Waals surface area (Å²) >= 11 is 0. The summed E-state index contributed by atoms with van der Waals surface area (Å²) in [5.41, 5.74) is 7.88. The predicted octanol–water partition coefficient (Wildman–Crippen LogP) is 3.28. The van der Waals surface area contributed by atoms with Gasteiger partial charge in [-0.1, -0.05) is 54.3 Å². The van der Waals surface area contributed by atoms with Crippen LogP contribution >= 0.6 is 8.46 Å². The van der Waals surface area contributed by atoms with Crippen molar-refractivity contribution in [2.45, 2.75) is 51.3 Å². The molecular weight excluding hydrogens is 353 g/mol. The second-order valence-electron chi connectivity index (χ2n) is 6.87. The Hall–Kier alpha value is -2.04. The zero-order valence-corrected chi connectivity index (χ0v) is 16.4. The Bertz CT molecular complexity index is 701. The van der Waals surface area contributed by atoms with E-state index in [9.17, 15) is 24.4 Å². The van der Waals surface area contributed by atoms with Crippen LogP contribution in [0.5, 0.6) is 0 Å². The van der Waals surface area contributed by atoms with Gasteiger partial charge in [0.15, 0.2) is 0 Å². The topological polar surface area (TPSA) is 118 Å². The van der Waals surface area contributed by atoms with Gasteiger partial charge in [-0.25, -0.2) is 0 Å². The fourth-order valence-corrected chi connectivity index (χ4v) is 3.75. The van der Waals surface area contributed by atoms with Gasteiger partial charge in [0.05, 0.1) is 0 Å². The lowest BCUT2D eigenvalue weighted by molar-refractivity contribution is -0.147. The Morgan fingerprint density at radius 1 is 1.31 bits per heavy atom. The minimum Gasteiger partial charge on any atom is -0.481 e. The summed E-state index contributed by atoms with van der Waals surface area (Å²) < 4.78 is 11.7. The van der Waals surface area contributed by atoms with Crippen molar-refractivity contribution in [3.05, 3.63) is 41.0 Å². The Labute approximate surface area is 155 Å². The largest absolute Gasteiger partial charge is 0.481 e. The number of aliphatic hydroxyl groups is 1. The van der Waals surface area contributed by atoms with Crippen LogP contribution < -0.4 is 5.73 Å². The summed E-state index contributed by atoms with van der Waals surface area (Å²) in [4.78, 5) is 22.5. The van der Waals surface area contributed by atoms with Crippen molar-refractivity contribution in [3.8, 4) is 0 Å². The Balaban J connectivity index is 3.12. The molecule has 1 aromatic carbocycles. The molecule has 0 saturated carbocycles. The number of hydrogen-bond acceptors (Lipinski definition) is 4. The molecule has 26 heavy (non-hydrogen) atoms. The molecule has 0 bridgehead atoms. The number of primary amides is 1. The van der Waals surface area contributed by atoms with E-state index in [4.69, 9.17) is 5.73 Å². The number of carboxylic acid groups (broad SMARTS) is 1. The standard InChI is InChI=1S/C19H26NO5P/c1-12(2)15-7-5-4-6-14(15)10-13(3)11-19(24,26-25)16(18(22)23)8-9-17(20)21/h4-7,10,12,16,24H,8-9,11H2,1-3H3,(H2,20,21)(H,22,23)/p+1. The number of amides is 1. The van der Waals surface area contributed by atoms with Crippen molar-refractivity contribution in [2.24, 2.45) is 11.7 Å². The predicted molar refractivity (Wildman–Crippen MR) is 102 cm³/mol. The minimum atomic E-state index is -1.95. The highest BCUT2D eigenvalue weighted by atomic mass is 31.1. The van der Waals surface area contributed by atoms with E-state index in [0.717, 1.165) is 11.1 Å². The third kappa shape index (κ3) is 6.04. The Morgan fingerprint density at radius 2 is 1.92 bits per heavy atom. The fraction of sp³-hybridized carbons (Fsp3) is 0.474. The van der Waals surface area contributed by atoms with Crippen LogP contribution in [-0.4, -0.2) is 27.4 Å². The number of hydrogen-bond donors (Lipinski definition) is 3. The molecular formula is C19H27NO5P+. The normalized spacial score (nSPS) is 15.7. The Morgan fingerprint density at radius 3 is 2.42 bits per heavy atom. The van der Waals surface area contributed by atoms with Crippen molar-refractivity contribution in [1.82, 2.24) is 0 Å². The molecule has 0 aromatic heterocycles. The second kappa shape index (κ2) is 9.60. The van der Waals surface area contributed by atoms with Crippen molar-refractivity contribution in [2.75, 3.05) is 0 Å². The number of aliphatic carboxylic acids is 1. The molecule has 7 heteroatoms. The number of nitrogens with two attached hydrogens (primary N) is 1. The molecule has 1 amide bonds. The molecule has 0 spiro atoms. The molecule has 1 aromatic rings. The van der Waals surface area contributed by atoms with Crippen LogP contribution in [0.4, 0.5) is 0 Å². The van der Waals surface area contributed by atoms with Gasteiger partial charge >= 0.3 is 14.4 Å².